The van der Waals surface area contributed by atoms with Crippen molar-refractivity contribution in [1.29, 1.82) is 0 Å². The third-order valence-electron chi connectivity index (χ3n) is 3.10. The monoisotopic (exact) mass is 497 g/mol. The number of ether oxygens (including phenoxy) is 2. The maximum atomic E-state index is 9.75. The summed E-state index contributed by atoms with van der Waals surface area (Å²) in [7, 11) is -12.0. The third-order valence-corrected chi connectivity index (χ3v) is 3.10. The second kappa shape index (κ2) is 19.8. The zero-order chi connectivity index (χ0) is 22.1. The summed E-state index contributed by atoms with van der Waals surface area (Å²) < 4.78 is 88.3. The van der Waals surface area contributed by atoms with Gasteiger partial charge in [-0.15, -0.1) is 0 Å². The van der Waals surface area contributed by atoms with E-state index in [-0.39, 0.29) is 17.1 Å². The van der Waals surface area contributed by atoms with Gasteiger partial charge in [-0.3, -0.25) is 9.80 Å². The molecule has 6 nitrogen and oxygen atoms in total. The maximum absolute atomic E-state index is 9.75. The van der Waals surface area contributed by atoms with Crippen LogP contribution in [0.25, 0.3) is 0 Å². The summed E-state index contributed by atoms with van der Waals surface area (Å²) in [6.07, 6.45) is 0. The van der Waals surface area contributed by atoms with Crippen molar-refractivity contribution >= 4 is 14.5 Å². The molecule has 181 valence electrons. The quantitative estimate of drug-likeness (QED) is 0.449. The standard InChI is InChI=1S/2C6H14N2O.2BF4.Cu/c2*7-1-2-8-3-5-9-6-4-8;2*2-1(3,4)5;/h2*1-7H2;;;/q;;2*-1;+2. The van der Waals surface area contributed by atoms with Gasteiger partial charge in [-0.25, -0.2) is 0 Å². The van der Waals surface area contributed by atoms with Crippen LogP contribution in [0.1, 0.15) is 0 Å². The Hall–Kier alpha value is -0.151. The van der Waals surface area contributed by atoms with Gasteiger partial charge in [0.15, 0.2) is 0 Å². The predicted octanol–water partition coefficient (Wildman–Crippen LogP) is 1.15. The molecule has 2 aliphatic rings. The minimum Gasteiger partial charge on any atom is -0.418 e. The Labute approximate surface area is 176 Å². The van der Waals surface area contributed by atoms with Gasteiger partial charge in [0.1, 0.15) is 0 Å². The van der Waals surface area contributed by atoms with E-state index in [0.717, 1.165) is 78.8 Å². The molecule has 2 saturated heterocycles. The van der Waals surface area contributed by atoms with E-state index in [2.05, 4.69) is 9.80 Å². The number of morpholine rings is 2. The predicted molar refractivity (Wildman–Crippen MR) is 93.0 cm³/mol. The first-order valence-corrected chi connectivity index (χ1v) is 8.61. The molecule has 0 atom stereocenters. The largest absolute Gasteiger partial charge is 2.00 e. The Balaban J connectivity index is -0.000000321. The summed E-state index contributed by atoms with van der Waals surface area (Å²) in [5.74, 6) is 0. The van der Waals surface area contributed by atoms with Crippen LogP contribution in [-0.2, 0) is 26.5 Å². The van der Waals surface area contributed by atoms with Crippen LogP contribution in [0.4, 0.5) is 34.5 Å². The minimum absolute atomic E-state index is 0. The molecular weight excluding hydrogens is 469 g/mol. The van der Waals surface area contributed by atoms with Gasteiger partial charge in [-0.05, 0) is 0 Å². The van der Waals surface area contributed by atoms with E-state index in [1.807, 2.05) is 0 Å². The van der Waals surface area contributed by atoms with Gasteiger partial charge in [-0.2, -0.15) is 0 Å². The van der Waals surface area contributed by atoms with Gasteiger partial charge in [-0.1, -0.05) is 0 Å². The zero-order valence-electron chi connectivity index (χ0n) is 15.8. The second-order valence-corrected chi connectivity index (χ2v) is 5.48. The van der Waals surface area contributed by atoms with E-state index in [1.165, 1.54) is 0 Å². The number of nitrogens with zero attached hydrogens (tertiary/aromatic N) is 2. The molecule has 1 radical (unpaired) electrons. The second-order valence-electron chi connectivity index (χ2n) is 5.48. The maximum Gasteiger partial charge on any atom is 2.00 e. The van der Waals surface area contributed by atoms with Crippen molar-refractivity contribution in [2.24, 2.45) is 11.5 Å². The van der Waals surface area contributed by atoms with Crippen LogP contribution in [0.2, 0.25) is 0 Å². The van der Waals surface area contributed by atoms with E-state index in [4.69, 9.17) is 20.9 Å². The molecule has 4 N–H and O–H groups in total. The van der Waals surface area contributed by atoms with Crippen molar-refractivity contribution in [3.05, 3.63) is 0 Å². The van der Waals surface area contributed by atoms with Crippen molar-refractivity contribution in [3.8, 4) is 0 Å². The molecule has 17 heteroatoms. The Kier molecular flexibility index (Phi) is 22.9. The smallest absolute Gasteiger partial charge is 0.418 e. The van der Waals surface area contributed by atoms with E-state index >= 15 is 0 Å². The van der Waals surface area contributed by atoms with E-state index in [0.29, 0.717) is 0 Å². The van der Waals surface area contributed by atoms with Gasteiger partial charge in [0.25, 0.3) is 0 Å². The molecule has 0 unspecified atom stereocenters. The fraction of sp³-hybridized carbons (Fsp3) is 1.00. The fourth-order valence-corrected chi connectivity index (χ4v) is 2.01. The molecule has 0 bridgehead atoms. The molecule has 2 fully saturated rings. The number of hydrogen-bond donors (Lipinski definition) is 2. The van der Waals surface area contributed by atoms with Crippen LogP contribution in [0.15, 0.2) is 0 Å². The molecule has 0 aromatic carbocycles. The number of hydrogen-bond acceptors (Lipinski definition) is 6. The zero-order valence-corrected chi connectivity index (χ0v) is 16.8. The normalized spacial score (nSPS) is 18.0. The number of rotatable bonds is 4. The van der Waals surface area contributed by atoms with Gasteiger partial charge in [0.2, 0.25) is 0 Å². The van der Waals surface area contributed by atoms with Crippen LogP contribution in [0.5, 0.6) is 0 Å². The fourth-order valence-electron chi connectivity index (χ4n) is 2.01. The summed E-state index contributed by atoms with van der Waals surface area (Å²) in [5.41, 5.74) is 10.8. The Morgan fingerprint density at radius 1 is 0.586 bits per heavy atom. The summed E-state index contributed by atoms with van der Waals surface area (Å²) in [6.45, 7) is 11.3. The van der Waals surface area contributed by atoms with Crippen LogP contribution >= 0.6 is 0 Å². The molecule has 2 heterocycles. The van der Waals surface area contributed by atoms with Crippen molar-refractivity contribution in [2.45, 2.75) is 0 Å². The van der Waals surface area contributed by atoms with Crippen molar-refractivity contribution in [3.63, 3.8) is 0 Å². The first kappa shape index (κ1) is 33.5. The summed E-state index contributed by atoms with van der Waals surface area (Å²) in [5, 5.41) is 0. The average Bonchev–Trinajstić information content (AvgIpc) is 2.55. The third kappa shape index (κ3) is 39.0. The molecule has 2 rings (SSSR count). The van der Waals surface area contributed by atoms with Gasteiger partial charge < -0.3 is 55.5 Å². The number of halogens is 8. The minimum atomic E-state index is -6.00. The molecule has 0 aliphatic carbocycles. The van der Waals surface area contributed by atoms with Gasteiger partial charge >= 0.3 is 31.6 Å². The molecule has 0 aromatic heterocycles. The molecule has 0 spiro atoms. The van der Waals surface area contributed by atoms with Crippen LogP contribution in [-0.4, -0.2) is 103 Å². The first-order valence-electron chi connectivity index (χ1n) is 8.61. The van der Waals surface area contributed by atoms with Crippen LogP contribution < -0.4 is 11.5 Å². The SMILES string of the molecule is F[B-](F)(F)F.F[B-](F)(F)F.NCCN1CCOCC1.NCCN1CCOCC1.[Cu+2]. The van der Waals surface area contributed by atoms with E-state index < -0.39 is 14.5 Å². The molecule has 0 aromatic rings. The van der Waals surface area contributed by atoms with Gasteiger partial charge in [0, 0.05) is 52.4 Å². The van der Waals surface area contributed by atoms with E-state index in [1.54, 1.807) is 0 Å². The van der Waals surface area contributed by atoms with Crippen molar-refractivity contribution in [2.75, 3.05) is 78.8 Å². The van der Waals surface area contributed by atoms with Crippen LogP contribution in [0.3, 0.4) is 0 Å². The number of nitrogens with two attached hydrogens (primary N) is 2. The van der Waals surface area contributed by atoms with Crippen LogP contribution in [0, 0.1) is 0 Å². The molecule has 2 aliphatic heterocycles. The summed E-state index contributed by atoms with van der Waals surface area (Å²) >= 11 is 0. The van der Waals surface area contributed by atoms with Crippen molar-refractivity contribution < 1.29 is 61.1 Å². The van der Waals surface area contributed by atoms with Crippen molar-refractivity contribution in [1.82, 2.24) is 9.80 Å². The van der Waals surface area contributed by atoms with E-state index in [9.17, 15) is 34.5 Å². The Morgan fingerprint density at radius 3 is 0.966 bits per heavy atom. The summed E-state index contributed by atoms with van der Waals surface area (Å²) in [6, 6.07) is 0. The Bertz CT molecular complexity index is 301. The molecule has 0 saturated carbocycles. The molecule has 0 amide bonds. The average molecular weight is 498 g/mol. The Morgan fingerprint density at radius 2 is 0.793 bits per heavy atom. The van der Waals surface area contributed by atoms with Gasteiger partial charge in [0.05, 0.1) is 26.4 Å². The molecule has 29 heavy (non-hydrogen) atoms. The first-order chi connectivity index (χ1) is 12.9. The molecular formula is C12H28B2CuF8N4O2. The summed E-state index contributed by atoms with van der Waals surface area (Å²) in [4.78, 5) is 4.65. The topological polar surface area (TPSA) is 77.0 Å².